The van der Waals surface area contributed by atoms with E-state index in [0.29, 0.717) is 19.6 Å². The number of benzene rings is 1. The lowest BCUT2D eigenvalue weighted by atomic mass is 9.95. The summed E-state index contributed by atoms with van der Waals surface area (Å²) in [5.41, 5.74) is 1.60. The number of carbonyl (C=O) groups excluding carboxylic acids is 1. The molecule has 1 fully saturated rings. The average Bonchev–Trinajstić information content (AvgIpc) is 2.78. The van der Waals surface area contributed by atoms with Gasteiger partial charge in [0, 0.05) is 25.3 Å². The van der Waals surface area contributed by atoms with Gasteiger partial charge in [-0.05, 0) is 39.3 Å². The molecule has 1 N–H and O–H groups in total. The third-order valence-electron chi connectivity index (χ3n) is 4.14. The van der Waals surface area contributed by atoms with Crippen LogP contribution in [0.15, 0.2) is 24.3 Å². The van der Waals surface area contributed by atoms with Crippen molar-refractivity contribution in [2.45, 2.75) is 44.8 Å². The molecule has 1 aromatic rings. The Balaban J connectivity index is 1.83. The number of carbonyl (C=O) groups is 1. The topological polar surface area (TPSA) is 41.6 Å². The summed E-state index contributed by atoms with van der Waals surface area (Å²) >= 11 is 0. The van der Waals surface area contributed by atoms with Gasteiger partial charge in [-0.25, -0.2) is 0 Å². The fourth-order valence-electron chi connectivity index (χ4n) is 3.67. The summed E-state index contributed by atoms with van der Waals surface area (Å²) in [5.74, 6) is 0.128. The van der Waals surface area contributed by atoms with Crippen LogP contribution in [-0.2, 0) is 9.53 Å². The molecule has 4 heteroatoms. The number of rotatable bonds is 1. The molecule has 0 bridgehead atoms. The van der Waals surface area contributed by atoms with Crippen LogP contribution in [0.25, 0.3) is 0 Å². The Morgan fingerprint density at radius 1 is 1.19 bits per heavy atom. The molecular formula is C17H24N2O2. The monoisotopic (exact) mass is 288 g/mol. The minimum Gasteiger partial charge on any atom is -0.384 e. The average molecular weight is 288 g/mol. The number of nitrogens with one attached hydrogen (secondary N) is 1. The van der Waals surface area contributed by atoms with Crippen LogP contribution in [0.4, 0.5) is 5.69 Å². The fraction of sp³-hybridized carbons (Fsp3) is 0.588. The molecule has 1 unspecified atom stereocenters. The summed E-state index contributed by atoms with van der Waals surface area (Å²) in [6.07, 6.45) is 0. The molecule has 1 saturated heterocycles. The first kappa shape index (κ1) is 14.4. The van der Waals surface area contributed by atoms with Crippen LogP contribution in [0.1, 0.15) is 39.2 Å². The molecule has 0 spiro atoms. The molecule has 0 aromatic heterocycles. The molecule has 1 aromatic carbocycles. The standard InChI is InChI=1S/C17H24N2O2/c1-16(2)10-19(11-17(3,4)21-16)15(20)13-9-18-14-8-6-5-7-12(13)14/h5-8,13,18H,9-11H2,1-4H3. The van der Waals surface area contributed by atoms with Crippen molar-refractivity contribution in [3.05, 3.63) is 29.8 Å². The van der Waals surface area contributed by atoms with Crippen molar-refractivity contribution in [3.8, 4) is 0 Å². The number of amides is 1. The van der Waals surface area contributed by atoms with E-state index in [-0.39, 0.29) is 23.0 Å². The van der Waals surface area contributed by atoms with Gasteiger partial charge in [-0.1, -0.05) is 18.2 Å². The van der Waals surface area contributed by atoms with Gasteiger partial charge in [-0.2, -0.15) is 0 Å². The number of morpholine rings is 1. The van der Waals surface area contributed by atoms with Crippen LogP contribution in [0, 0.1) is 0 Å². The smallest absolute Gasteiger partial charge is 0.232 e. The highest BCUT2D eigenvalue weighted by Gasteiger charge is 2.42. The molecule has 2 aliphatic rings. The van der Waals surface area contributed by atoms with Crippen molar-refractivity contribution < 1.29 is 9.53 Å². The number of fused-ring (bicyclic) bond motifs is 1. The van der Waals surface area contributed by atoms with Gasteiger partial charge in [0.25, 0.3) is 0 Å². The summed E-state index contributed by atoms with van der Waals surface area (Å²) in [4.78, 5) is 14.9. The highest BCUT2D eigenvalue weighted by molar-refractivity contribution is 5.88. The third-order valence-corrected chi connectivity index (χ3v) is 4.14. The van der Waals surface area contributed by atoms with Crippen molar-refractivity contribution in [1.82, 2.24) is 4.90 Å². The van der Waals surface area contributed by atoms with Crippen molar-refractivity contribution in [3.63, 3.8) is 0 Å². The van der Waals surface area contributed by atoms with E-state index < -0.39 is 0 Å². The lowest BCUT2D eigenvalue weighted by Gasteiger charge is -2.47. The van der Waals surface area contributed by atoms with Crippen molar-refractivity contribution >= 4 is 11.6 Å². The van der Waals surface area contributed by atoms with E-state index >= 15 is 0 Å². The van der Waals surface area contributed by atoms with Gasteiger partial charge in [-0.3, -0.25) is 4.79 Å². The number of anilines is 1. The SMILES string of the molecule is CC1(C)CN(C(=O)C2CNc3ccccc32)CC(C)(C)O1. The Hall–Kier alpha value is -1.55. The van der Waals surface area contributed by atoms with E-state index in [1.165, 1.54) is 0 Å². The van der Waals surface area contributed by atoms with Gasteiger partial charge in [0.15, 0.2) is 0 Å². The molecule has 0 aliphatic carbocycles. The molecule has 0 saturated carbocycles. The number of para-hydroxylation sites is 1. The molecule has 2 heterocycles. The zero-order valence-corrected chi connectivity index (χ0v) is 13.3. The lowest BCUT2D eigenvalue weighted by Crippen LogP contribution is -2.59. The van der Waals surface area contributed by atoms with Crippen molar-refractivity contribution in [2.75, 3.05) is 25.0 Å². The molecule has 4 nitrogen and oxygen atoms in total. The second kappa shape index (κ2) is 4.73. The first-order valence-electron chi connectivity index (χ1n) is 7.59. The van der Waals surface area contributed by atoms with E-state index in [9.17, 15) is 4.79 Å². The quantitative estimate of drug-likeness (QED) is 0.863. The largest absolute Gasteiger partial charge is 0.384 e. The van der Waals surface area contributed by atoms with Crippen LogP contribution >= 0.6 is 0 Å². The summed E-state index contributed by atoms with van der Waals surface area (Å²) in [6, 6.07) is 8.09. The summed E-state index contributed by atoms with van der Waals surface area (Å²) in [6.45, 7) is 10.2. The number of hydrogen-bond donors (Lipinski definition) is 1. The maximum atomic E-state index is 13.0. The predicted molar refractivity (Wildman–Crippen MR) is 83.5 cm³/mol. The highest BCUT2D eigenvalue weighted by Crippen LogP contribution is 2.35. The molecule has 1 amide bonds. The minimum absolute atomic E-state index is 0.0779. The van der Waals surface area contributed by atoms with Crippen LogP contribution in [-0.4, -0.2) is 41.6 Å². The Morgan fingerprint density at radius 3 is 2.48 bits per heavy atom. The van der Waals surface area contributed by atoms with Crippen LogP contribution in [0.3, 0.4) is 0 Å². The van der Waals surface area contributed by atoms with Crippen LogP contribution in [0.2, 0.25) is 0 Å². The maximum absolute atomic E-state index is 13.0. The maximum Gasteiger partial charge on any atom is 0.232 e. The lowest BCUT2D eigenvalue weighted by molar-refractivity contribution is -0.188. The molecule has 114 valence electrons. The number of hydrogen-bond acceptors (Lipinski definition) is 3. The van der Waals surface area contributed by atoms with Crippen molar-refractivity contribution in [2.24, 2.45) is 0 Å². The minimum atomic E-state index is -0.303. The molecule has 3 rings (SSSR count). The Bertz CT molecular complexity index is 550. The highest BCUT2D eigenvalue weighted by atomic mass is 16.5. The summed E-state index contributed by atoms with van der Waals surface area (Å²) < 4.78 is 6.06. The van der Waals surface area contributed by atoms with Crippen LogP contribution < -0.4 is 5.32 Å². The molecule has 1 atom stereocenters. The van der Waals surface area contributed by atoms with Gasteiger partial charge in [0.2, 0.25) is 5.91 Å². The number of nitrogens with zero attached hydrogens (tertiary/aromatic N) is 1. The van der Waals surface area contributed by atoms with Crippen molar-refractivity contribution in [1.29, 1.82) is 0 Å². The van der Waals surface area contributed by atoms with Gasteiger partial charge < -0.3 is 15.0 Å². The summed E-state index contributed by atoms with van der Waals surface area (Å²) in [5, 5.41) is 3.33. The summed E-state index contributed by atoms with van der Waals surface area (Å²) in [7, 11) is 0. The number of ether oxygens (including phenoxy) is 1. The Morgan fingerprint density at radius 2 is 1.81 bits per heavy atom. The zero-order valence-electron chi connectivity index (χ0n) is 13.3. The van der Waals surface area contributed by atoms with E-state index in [0.717, 1.165) is 11.3 Å². The first-order valence-corrected chi connectivity index (χ1v) is 7.59. The van der Waals surface area contributed by atoms with Gasteiger partial charge in [0.05, 0.1) is 17.1 Å². The molecule has 0 radical (unpaired) electrons. The molecule has 21 heavy (non-hydrogen) atoms. The van der Waals surface area contributed by atoms with E-state index in [4.69, 9.17) is 4.74 Å². The van der Waals surface area contributed by atoms with E-state index in [1.807, 2.05) is 23.1 Å². The molecular weight excluding hydrogens is 264 g/mol. The molecule has 2 aliphatic heterocycles. The van der Waals surface area contributed by atoms with Crippen LogP contribution in [0.5, 0.6) is 0 Å². The van der Waals surface area contributed by atoms with Gasteiger partial charge in [0.1, 0.15) is 0 Å². The second-order valence-electron chi connectivity index (χ2n) is 7.34. The predicted octanol–water partition coefficient (Wildman–Crippen LogP) is 2.61. The Labute approximate surface area is 126 Å². The normalized spacial score (nSPS) is 26.1. The van der Waals surface area contributed by atoms with E-state index in [1.54, 1.807) is 0 Å². The van der Waals surface area contributed by atoms with Gasteiger partial charge in [-0.15, -0.1) is 0 Å². The first-order chi connectivity index (χ1) is 9.77. The zero-order chi connectivity index (χ0) is 15.3. The van der Waals surface area contributed by atoms with E-state index in [2.05, 4.69) is 39.1 Å². The fourth-order valence-corrected chi connectivity index (χ4v) is 3.67. The van der Waals surface area contributed by atoms with Gasteiger partial charge >= 0.3 is 0 Å². The Kier molecular flexibility index (Phi) is 3.24. The second-order valence-corrected chi connectivity index (χ2v) is 7.34. The third kappa shape index (κ3) is 2.77.